The maximum atomic E-state index is 11.7. The first-order chi connectivity index (χ1) is 8.43. The van der Waals surface area contributed by atoms with Crippen molar-refractivity contribution in [3.8, 4) is 0 Å². The number of thiophene rings is 1. The summed E-state index contributed by atoms with van der Waals surface area (Å²) in [6.45, 7) is 8.08. The molecule has 0 aliphatic carbocycles. The Morgan fingerprint density at radius 1 is 1.56 bits per heavy atom. The molecule has 1 rings (SSSR count). The van der Waals surface area contributed by atoms with E-state index in [1.54, 1.807) is 6.92 Å². The van der Waals surface area contributed by atoms with Gasteiger partial charge in [0, 0.05) is 6.04 Å². The largest absolute Gasteiger partial charge is 0.462 e. The van der Waals surface area contributed by atoms with Crippen LogP contribution in [0.15, 0.2) is 6.07 Å². The number of hydrogen-bond donors (Lipinski definition) is 2. The van der Waals surface area contributed by atoms with E-state index in [0.29, 0.717) is 16.6 Å². The highest BCUT2D eigenvalue weighted by atomic mass is 32.1. The van der Waals surface area contributed by atoms with Crippen LogP contribution < -0.4 is 10.6 Å². The fraction of sp³-hybridized carbons (Fsp3) is 0.500. The minimum absolute atomic E-state index is 0.274. The van der Waals surface area contributed by atoms with Crippen LogP contribution in [0.4, 0.5) is 5.00 Å². The summed E-state index contributed by atoms with van der Waals surface area (Å²) in [7, 11) is 0. The van der Waals surface area contributed by atoms with Crippen LogP contribution in [0.25, 0.3) is 0 Å². The van der Waals surface area contributed by atoms with E-state index < -0.39 is 0 Å². The van der Waals surface area contributed by atoms with Gasteiger partial charge in [-0.05, 0) is 51.5 Å². The molecule has 1 aromatic rings. The summed E-state index contributed by atoms with van der Waals surface area (Å²) in [5.41, 5.74) is 0.897. The molecule has 0 saturated carbocycles. The van der Waals surface area contributed by atoms with Gasteiger partial charge in [-0.1, -0.05) is 0 Å². The summed E-state index contributed by atoms with van der Waals surface area (Å²) in [6, 6.07) is 2.17. The van der Waals surface area contributed by atoms with Crippen LogP contribution in [0.5, 0.6) is 0 Å². The molecule has 4 nitrogen and oxygen atoms in total. The van der Waals surface area contributed by atoms with E-state index in [-0.39, 0.29) is 12.0 Å². The molecular weight excluding hydrogens is 268 g/mol. The smallest absolute Gasteiger partial charge is 0.348 e. The highest BCUT2D eigenvalue weighted by Gasteiger charge is 2.15. The van der Waals surface area contributed by atoms with Gasteiger partial charge >= 0.3 is 5.97 Å². The molecule has 0 aliphatic heterocycles. The molecule has 0 aromatic carbocycles. The summed E-state index contributed by atoms with van der Waals surface area (Å²) in [5, 5.41) is 7.55. The molecule has 0 aliphatic rings. The molecule has 6 heteroatoms. The van der Waals surface area contributed by atoms with Crippen molar-refractivity contribution in [2.75, 3.05) is 11.9 Å². The third kappa shape index (κ3) is 4.27. The van der Waals surface area contributed by atoms with Gasteiger partial charge < -0.3 is 15.4 Å². The standard InChI is InChI=1S/C12H18N2O2S2/c1-5-16-11(15)10-8(4)6-9(18-10)14-12(17)13-7(2)3/h6-7H,5H2,1-4H3,(H2,13,14,17). The van der Waals surface area contributed by atoms with Gasteiger partial charge in [-0.2, -0.15) is 0 Å². The molecule has 0 unspecified atom stereocenters. The molecule has 1 heterocycles. The van der Waals surface area contributed by atoms with E-state index in [1.165, 1.54) is 11.3 Å². The monoisotopic (exact) mass is 286 g/mol. The first kappa shape index (κ1) is 14.9. The van der Waals surface area contributed by atoms with Gasteiger partial charge in [0.15, 0.2) is 5.11 Å². The summed E-state index contributed by atoms with van der Waals surface area (Å²) < 4.78 is 4.99. The van der Waals surface area contributed by atoms with Gasteiger partial charge in [-0.25, -0.2) is 4.79 Å². The zero-order chi connectivity index (χ0) is 13.7. The number of hydrogen-bond acceptors (Lipinski definition) is 4. The van der Waals surface area contributed by atoms with Crippen molar-refractivity contribution >= 4 is 39.6 Å². The van der Waals surface area contributed by atoms with Crippen molar-refractivity contribution in [1.82, 2.24) is 5.32 Å². The predicted molar refractivity (Wildman–Crippen MR) is 79.5 cm³/mol. The van der Waals surface area contributed by atoms with E-state index in [1.807, 2.05) is 26.8 Å². The highest BCUT2D eigenvalue weighted by molar-refractivity contribution is 7.80. The Kier molecular flexibility index (Phi) is 5.55. The number of ether oxygens (including phenoxy) is 1. The predicted octanol–water partition coefficient (Wildman–Crippen LogP) is 2.93. The van der Waals surface area contributed by atoms with Crippen LogP contribution in [0, 0.1) is 6.92 Å². The first-order valence-electron chi connectivity index (χ1n) is 5.79. The molecule has 18 heavy (non-hydrogen) atoms. The minimum atomic E-state index is -0.282. The maximum Gasteiger partial charge on any atom is 0.348 e. The van der Waals surface area contributed by atoms with Crippen LogP contribution in [0.1, 0.15) is 36.0 Å². The Balaban J connectivity index is 2.72. The molecule has 0 fully saturated rings. The SMILES string of the molecule is CCOC(=O)c1sc(NC(=S)NC(C)C)cc1C. The normalized spacial score (nSPS) is 10.3. The molecule has 1 aromatic heterocycles. The number of carbonyl (C=O) groups is 1. The van der Waals surface area contributed by atoms with E-state index >= 15 is 0 Å². The highest BCUT2D eigenvalue weighted by Crippen LogP contribution is 2.27. The number of nitrogens with one attached hydrogen (secondary N) is 2. The molecule has 0 atom stereocenters. The number of aryl methyl sites for hydroxylation is 1. The summed E-state index contributed by atoms with van der Waals surface area (Å²) in [5.74, 6) is -0.282. The number of thiocarbonyl (C=S) groups is 1. The Labute approximate surface area is 117 Å². The summed E-state index contributed by atoms with van der Waals surface area (Å²) >= 11 is 6.50. The fourth-order valence-corrected chi connectivity index (χ4v) is 2.73. The zero-order valence-corrected chi connectivity index (χ0v) is 12.6. The molecule has 0 bridgehead atoms. The van der Waals surface area contributed by atoms with E-state index in [2.05, 4.69) is 10.6 Å². The van der Waals surface area contributed by atoms with Crippen molar-refractivity contribution in [2.45, 2.75) is 33.7 Å². The zero-order valence-electron chi connectivity index (χ0n) is 11.0. The van der Waals surface area contributed by atoms with Crippen LogP contribution in [-0.4, -0.2) is 23.7 Å². The van der Waals surface area contributed by atoms with Gasteiger partial charge in [-0.15, -0.1) is 11.3 Å². The van der Waals surface area contributed by atoms with Gasteiger partial charge in [0.25, 0.3) is 0 Å². The molecular formula is C12H18N2O2S2. The second-order valence-electron chi connectivity index (χ2n) is 4.10. The molecule has 100 valence electrons. The lowest BCUT2D eigenvalue weighted by Crippen LogP contribution is -2.33. The van der Waals surface area contributed by atoms with Crippen molar-refractivity contribution < 1.29 is 9.53 Å². The van der Waals surface area contributed by atoms with Crippen LogP contribution in [0.3, 0.4) is 0 Å². The lowest BCUT2D eigenvalue weighted by molar-refractivity contribution is 0.0531. The Morgan fingerprint density at radius 3 is 2.78 bits per heavy atom. The molecule has 0 spiro atoms. The van der Waals surface area contributed by atoms with Gasteiger partial charge in [0.2, 0.25) is 0 Å². The average molecular weight is 286 g/mol. The van der Waals surface area contributed by atoms with E-state index in [4.69, 9.17) is 17.0 Å². The van der Waals surface area contributed by atoms with Gasteiger partial charge in [-0.3, -0.25) is 0 Å². The number of carbonyl (C=O) groups excluding carboxylic acids is 1. The van der Waals surface area contributed by atoms with Crippen molar-refractivity contribution in [2.24, 2.45) is 0 Å². The molecule has 0 saturated heterocycles. The number of anilines is 1. The van der Waals surface area contributed by atoms with Crippen LogP contribution in [0.2, 0.25) is 0 Å². The molecule has 0 amide bonds. The van der Waals surface area contributed by atoms with E-state index in [0.717, 1.165) is 10.6 Å². The number of rotatable bonds is 4. The van der Waals surface area contributed by atoms with Gasteiger partial charge in [0.1, 0.15) is 4.88 Å². The van der Waals surface area contributed by atoms with Gasteiger partial charge in [0.05, 0.1) is 11.6 Å². The average Bonchev–Trinajstić information content (AvgIpc) is 2.58. The third-order valence-electron chi connectivity index (χ3n) is 2.04. The lowest BCUT2D eigenvalue weighted by Gasteiger charge is -2.11. The van der Waals surface area contributed by atoms with Crippen LogP contribution in [-0.2, 0) is 4.74 Å². The molecule has 2 N–H and O–H groups in total. The minimum Gasteiger partial charge on any atom is -0.462 e. The summed E-state index contributed by atoms with van der Waals surface area (Å²) in [6.07, 6.45) is 0. The fourth-order valence-electron chi connectivity index (χ4n) is 1.35. The topological polar surface area (TPSA) is 50.4 Å². The lowest BCUT2D eigenvalue weighted by atomic mass is 10.3. The number of esters is 1. The second kappa shape index (κ2) is 6.70. The van der Waals surface area contributed by atoms with Crippen molar-refractivity contribution in [1.29, 1.82) is 0 Å². The Hall–Kier alpha value is -1.14. The quantitative estimate of drug-likeness (QED) is 0.658. The first-order valence-corrected chi connectivity index (χ1v) is 7.01. The van der Waals surface area contributed by atoms with Crippen molar-refractivity contribution in [3.05, 3.63) is 16.5 Å². The summed E-state index contributed by atoms with van der Waals surface area (Å²) in [4.78, 5) is 12.3. The van der Waals surface area contributed by atoms with Crippen molar-refractivity contribution in [3.63, 3.8) is 0 Å². The third-order valence-corrected chi connectivity index (χ3v) is 3.39. The molecule has 0 radical (unpaired) electrons. The Bertz CT molecular complexity index is 441. The van der Waals surface area contributed by atoms with E-state index in [9.17, 15) is 4.79 Å². The Morgan fingerprint density at radius 2 is 2.22 bits per heavy atom. The van der Waals surface area contributed by atoms with Crippen LogP contribution >= 0.6 is 23.6 Å². The maximum absolute atomic E-state index is 11.7. The second-order valence-corrected chi connectivity index (χ2v) is 5.56.